The summed E-state index contributed by atoms with van der Waals surface area (Å²) in [6.07, 6.45) is 0. The number of hydrogen-bond donors (Lipinski definition) is 1. The molecule has 24 heavy (non-hydrogen) atoms. The monoisotopic (exact) mass is 344 g/mol. The average molecular weight is 344 g/mol. The molecule has 1 N–H and O–H groups in total. The van der Waals surface area contributed by atoms with Crippen molar-refractivity contribution in [2.75, 3.05) is 5.32 Å². The Morgan fingerprint density at radius 2 is 1.92 bits per heavy atom. The fourth-order valence-corrected chi connectivity index (χ4v) is 4.01. The fourth-order valence-electron chi connectivity index (χ4n) is 3.20. The minimum absolute atomic E-state index is 0.0818. The molecule has 0 aliphatic carbocycles. The Morgan fingerprint density at radius 1 is 1.21 bits per heavy atom. The molecule has 0 atom stereocenters. The summed E-state index contributed by atoms with van der Waals surface area (Å²) in [5.74, 6) is -0.0818. The van der Waals surface area contributed by atoms with Gasteiger partial charge in [-0.25, -0.2) is 0 Å². The number of hydrogen-bond acceptors (Lipinski definition) is 3. The quantitative estimate of drug-likeness (QED) is 0.729. The topological polar surface area (TPSA) is 51.9 Å². The molecule has 0 fully saturated rings. The molecule has 0 saturated carbocycles. The van der Waals surface area contributed by atoms with Crippen LogP contribution in [0, 0.1) is 13.8 Å². The van der Waals surface area contributed by atoms with Crippen molar-refractivity contribution in [2.24, 2.45) is 0 Å². The zero-order valence-electron chi connectivity index (χ0n) is 15.0. The Labute approximate surface area is 146 Å². The Balaban J connectivity index is 1.99. The minimum atomic E-state index is -0.0818. The maximum atomic E-state index is 12.9. The molecular formula is C18H24N4OS. The van der Waals surface area contributed by atoms with Crippen LogP contribution >= 0.6 is 11.3 Å². The third-order valence-electron chi connectivity index (χ3n) is 4.26. The summed E-state index contributed by atoms with van der Waals surface area (Å²) in [7, 11) is 0. The van der Waals surface area contributed by atoms with Crippen LogP contribution in [0.15, 0.2) is 17.5 Å². The van der Waals surface area contributed by atoms with E-state index in [0.717, 1.165) is 27.3 Å². The number of amides is 1. The molecule has 3 aromatic rings. The molecule has 0 bridgehead atoms. The van der Waals surface area contributed by atoms with E-state index < -0.39 is 0 Å². The normalized spacial score (nSPS) is 11.8. The van der Waals surface area contributed by atoms with Gasteiger partial charge in [0.2, 0.25) is 0 Å². The van der Waals surface area contributed by atoms with Crippen LogP contribution in [0.5, 0.6) is 0 Å². The van der Waals surface area contributed by atoms with Gasteiger partial charge in [-0.1, -0.05) is 0 Å². The van der Waals surface area contributed by atoms with E-state index in [1.807, 2.05) is 24.6 Å². The van der Waals surface area contributed by atoms with Crippen LogP contribution in [0.4, 0.5) is 5.69 Å². The fraction of sp³-hybridized carbons (Fsp3) is 0.444. The molecule has 3 aromatic heterocycles. The second-order valence-electron chi connectivity index (χ2n) is 6.70. The van der Waals surface area contributed by atoms with E-state index >= 15 is 0 Å². The molecule has 3 heterocycles. The maximum Gasteiger partial charge on any atom is 0.272 e. The van der Waals surface area contributed by atoms with E-state index in [9.17, 15) is 4.79 Å². The number of aromatic nitrogens is 3. The van der Waals surface area contributed by atoms with E-state index in [4.69, 9.17) is 0 Å². The number of anilines is 1. The van der Waals surface area contributed by atoms with Crippen LogP contribution in [0.1, 0.15) is 61.7 Å². The number of carbonyl (C=O) groups is 1. The first-order chi connectivity index (χ1) is 11.3. The molecule has 0 radical (unpaired) electrons. The van der Waals surface area contributed by atoms with E-state index in [-0.39, 0.29) is 18.0 Å². The average Bonchev–Trinajstić information content (AvgIpc) is 3.14. The lowest BCUT2D eigenvalue weighted by Gasteiger charge is -2.14. The van der Waals surface area contributed by atoms with Crippen molar-refractivity contribution in [2.45, 2.75) is 53.6 Å². The first-order valence-corrected chi connectivity index (χ1v) is 9.14. The summed E-state index contributed by atoms with van der Waals surface area (Å²) >= 11 is 1.66. The van der Waals surface area contributed by atoms with Crippen molar-refractivity contribution in [3.05, 3.63) is 34.6 Å². The Kier molecular flexibility index (Phi) is 4.25. The highest BCUT2D eigenvalue weighted by atomic mass is 32.1. The first kappa shape index (κ1) is 16.8. The number of carbonyl (C=O) groups excluding carboxylic acids is 1. The zero-order chi connectivity index (χ0) is 17.6. The van der Waals surface area contributed by atoms with Crippen molar-refractivity contribution in [3.63, 3.8) is 0 Å². The Hall–Kier alpha value is -2.08. The first-order valence-electron chi connectivity index (χ1n) is 8.26. The van der Waals surface area contributed by atoms with Crippen molar-refractivity contribution < 1.29 is 4.79 Å². The number of nitrogens with zero attached hydrogens (tertiary/aromatic N) is 3. The van der Waals surface area contributed by atoms with Gasteiger partial charge in [-0.05, 0) is 59.1 Å². The Bertz CT molecular complexity index is 898. The SMILES string of the molecule is Cc1nn(C(C)C)c(C)c1NC(=O)c1cc2sccc2n1C(C)C. The standard InChI is InChI=1S/C18H24N4OS/c1-10(2)21-14-7-8-24-16(14)9-15(21)18(23)19-17-12(5)20-22(11(3)4)13(17)6/h7-11H,1-6H3,(H,19,23). The van der Waals surface area contributed by atoms with Crippen LogP contribution in [0.3, 0.4) is 0 Å². The Morgan fingerprint density at radius 3 is 2.50 bits per heavy atom. The molecule has 0 spiro atoms. The summed E-state index contributed by atoms with van der Waals surface area (Å²) in [6, 6.07) is 4.54. The van der Waals surface area contributed by atoms with Gasteiger partial charge in [0.25, 0.3) is 5.91 Å². The van der Waals surface area contributed by atoms with Gasteiger partial charge in [0.05, 0.1) is 27.3 Å². The lowest BCUT2D eigenvalue weighted by atomic mass is 10.2. The highest BCUT2D eigenvalue weighted by molar-refractivity contribution is 7.17. The predicted octanol–water partition coefficient (Wildman–Crippen LogP) is 4.93. The molecule has 0 aliphatic rings. The number of nitrogens with one attached hydrogen (secondary N) is 1. The molecule has 0 saturated heterocycles. The van der Waals surface area contributed by atoms with E-state index in [1.54, 1.807) is 11.3 Å². The number of fused-ring (bicyclic) bond motifs is 1. The van der Waals surface area contributed by atoms with Gasteiger partial charge in [-0.2, -0.15) is 5.10 Å². The zero-order valence-corrected chi connectivity index (χ0v) is 15.9. The molecule has 0 aromatic carbocycles. The van der Waals surface area contributed by atoms with Gasteiger partial charge in [-0.15, -0.1) is 11.3 Å². The number of thiophene rings is 1. The number of rotatable bonds is 4. The third kappa shape index (κ3) is 2.65. The second kappa shape index (κ2) is 6.09. The minimum Gasteiger partial charge on any atom is -0.333 e. The van der Waals surface area contributed by atoms with Gasteiger partial charge in [0, 0.05) is 12.1 Å². The van der Waals surface area contributed by atoms with Crippen LogP contribution in [-0.2, 0) is 0 Å². The van der Waals surface area contributed by atoms with Crippen LogP contribution in [-0.4, -0.2) is 20.3 Å². The second-order valence-corrected chi connectivity index (χ2v) is 7.65. The number of aryl methyl sites for hydroxylation is 1. The summed E-state index contributed by atoms with van der Waals surface area (Å²) in [6.45, 7) is 12.3. The van der Waals surface area contributed by atoms with Crippen molar-refractivity contribution in [1.29, 1.82) is 0 Å². The molecule has 5 nitrogen and oxygen atoms in total. The molecule has 3 rings (SSSR count). The summed E-state index contributed by atoms with van der Waals surface area (Å²) in [5, 5.41) is 9.68. The lowest BCUT2D eigenvalue weighted by molar-refractivity contribution is 0.101. The van der Waals surface area contributed by atoms with E-state index in [2.05, 4.69) is 54.1 Å². The van der Waals surface area contributed by atoms with E-state index in [0.29, 0.717) is 5.69 Å². The van der Waals surface area contributed by atoms with Crippen molar-refractivity contribution >= 4 is 33.1 Å². The largest absolute Gasteiger partial charge is 0.333 e. The van der Waals surface area contributed by atoms with Gasteiger partial charge in [-0.3, -0.25) is 9.48 Å². The van der Waals surface area contributed by atoms with Gasteiger partial charge >= 0.3 is 0 Å². The van der Waals surface area contributed by atoms with Gasteiger partial charge < -0.3 is 9.88 Å². The van der Waals surface area contributed by atoms with Gasteiger partial charge in [0.1, 0.15) is 5.69 Å². The highest BCUT2D eigenvalue weighted by Gasteiger charge is 2.21. The predicted molar refractivity (Wildman–Crippen MR) is 100 cm³/mol. The summed E-state index contributed by atoms with van der Waals surface area (Å²) in [5.41, 5.74) is 4.46. The van der Waals surface area contributed by atoms with Crippen LogP contribution in [0.2, 0.25) is 0 Å². The summed E-state index contributed by atoms with van der Waals surface area (Å²) < 4.78 is 5.18. The van der Waals surface area contributed by atoms with Crippen molar-refractivity contribution in [3.8, 4) is 0 Å². The molecule has 0 aliphatic heterocycles. The van der Waals surface area contributed by atoms with E-state index in [1.165, 1.54) is 0 Å². The smallest absolute Gasteiger partial charge is 0.272 e. The maximum absolute atomic E-state index is 12.9. The summed E-state index contributed by atoms with van der Waals surface area (Å²) in [4.78, 5) is 12.9. The molecular weight excluding hydrogens is 320 g/mol. The molecule has 6 heteroatoms. The lowest BCUT2D eigenvalue weighted by Crippen LogP contribution is -2.19. The molecule has 1 amide bonds. The highest BCUT2D eigenvalue weighted by Crippen LogP contribution is 2.30. The third-order valence-corrected chi connectivity index (χ3v) is 5.12. The van der Waals surface area contributed by atoms with Crippen molar-refractivity contribution in [1.82, 2.24) is 14.3 Å². The molecule has 0 unspecified atom stereocenters. The van der Waals surface area contributed by atoms with Crippen LogP contribution in [0.25, 0.3) is 10.2 Å². The van der Waals surface area contributed by atoms with Gasteiger partial charge in [0.15, 0.2) is 0 Å². The van der Waals surface area contributed by atoms with Crippen LogP contribution < -0.4 is 5.32 Å². The molecule has 128 valence electrons.